The number of aryl methyl sites for hydroxylation is 1. The molecule has 0 unspecified atom stereocenters. The normalized spacial score (nSPS) is 11.7. The molecule has 2 aromatic heterocycles. The van der Waals surface area contributed by atoms with Crippen molar-refractivity contribution in [3.8, 4) is 27.0 Å². The van der Waals surface area contributed by atoms with Gasteiger partial charge in [0.05, 0.1) is 5.57 Å². The lowest BCUT2D eigenvalue weighted by Gasteiger charge is -2.09. The van der Waals surface area contributed by atoms with Gasteiger partial charge in [-0.3, -0.25) is 0 Å². The second-order valence-corrected chi connectivity index (χ2v) is 17.5. The van der Waals surface area contributed by atoms with Gasteiger partial charge >= 0.3 is 11.9 Å². The van der Waals surface area contributed by atoms with E-state index in [0.717, 1.165) is 43.6 Å². The molecule has 2 heterocycles. The maximum atomic E-state index is 12.3. The predicted molar refractivity (Wildman–Crippen MR) is 249 cm³/mol. The average Bonchev–Trinajstić information content (AvgIpc) is 3.93. The van der Waals surface area contributed by atoms with Gasteiger partial charge in [-0.2, -0.15) is 5.26 Å². The molecule has 0 bridgehead atoms. The number of hydrogen-bond acceptors (Lipinski definition) is 6. The zero-order valence-corrected chi connectivity index (χ0v) is 36.0. The molecule has 6 nitrogen and oxygen atoms in total. The van der Waals surface area contributed by atoms with Crippen molar-refractivity contribution >= 4 is 63.7 Å². The third-order valence-electron chi connectivity index (χ3n) is 10.6. The first kappa shape index (κ1) is 44.9. The molecule has 3 N–H and O–H groups in total. The van der Waals surface area contributed by atoms with Crippen LogP contribution in [0.15, 0.2) is 103 Å². The van der Waals surface area contributed by atoms with Crippen LogP contribution in [0.1, 0.15) is 131 Å². The molecule has 5 rings (SSSR count). The highest BCUT2D eigenvalue weighted by molar-refractivity contribution is 7.16. The van der Waals surface area contributed by atoms with E-state index >= 15 is 0 Å². The van der Waals surface area contributed by atoms with E-state index in [0.29, 0.717) is 10.4 Å². The van der Waals surface area contributed by atoms with E-state index in [1.165, 1.54) is 137 Å². The van der Waals surface area contributed by atoms with Crippen molar-refractivity contribution in [1.82, 2.24) is 0 Å². The number of nitrogens with zero attached hydrogens (tertiary/aromatic N) is 1. The maximum Gasteiger partial charge on any atom is 0.346 e. The van der Waals surface area contributed by atoms with Gasteiger partial charge in [-0.25, -0.2) is 9.59 Å². The van der Waals surface area contributed by atoms with Crippen molar-refractivity contribution < 1.29 is 19.8 Å². The maximum absolute atomic E-state index is 12.3. The molecular formula is C51H58N2O4S2. The summed E-state index contributed by atoms with van der Waals surface area (Å²) in [7, 11) is 0. The number of hydrogen-bond donors (Lipinski definition) is 3. The number of unbranched alkanes of at least 4 members (excludes halogenated alkanes) is 15. The van der Waals surface area contributed by atoms with E-state index in [-0.39, 0.29) is 11.1 Å². The van der Waals surface area contributed by atoms with Gasteiger partial charge in [0, 0.05) is 30.9 Å². The van der Waals surface area contributed by atoms with E-state index in [1.54, 1.807) is 30.3 Å². The van der Waals surface area contributed by atoms with Crippen LogP contribution in [0.25, 0.3) is 38.6 Å². The molecule has 5 aromatic rings. The molecule has 0 aliphatic carbocycles. The van der Waals surface area contributed by atoms with Gasteiger partial charge < -0.3 is 15.5 Å². The summed E-state index contributed by atoms with van der Waals surface area (Å²) in [4.78, 5) is 26.9. The standard InChI is InChI=1S/C51H58N2O4S2/c1-2-3-4-5-6-7-8-9-10-11-12-13-14-15-16-17-18-38-19-27-43(28-20-38)53-44-29-25-41(26-30-44)49-34-32-46(59-49)36-47(51(56)57)39-21-23-40(24-22-39)48-33-31-45(58-48)35-42(37-52)50(54)55/h19-36,53H,2-18H2,1H3,(H,54,55)(H,56,57)/b42-35+,47-36+. The van der Waals surface area contributed by atoms with Crippen LogP contribution in [0.4, 0.5) is 11.4 Å². The highest BCUT2D eigenvalue weighted by atomic mass is 32.1. The molecule has 0 amide bonds. The van der Waals surface area contributed by atoms with Gasteiger partial charge in [0.2, 0.25) is 0 Å². The van der Waals surface area contributed by atoms with Crippen LogP contribution in [0.5, 0.6) is 0 Å². The summed E-state index contributed by atoms with van der Waals surface area (Å²) in [6.45, 7) is 2.29. The second-order valence-electron chi connectivity index (χ2n) is 15.3. The van der Waals surface area contributed by atoms with Crippen molar-refractivity contribution in [2.24, 2.45) is 0 Å². The van der Waals surface area contributed by atoms with Gasteiger partial charge in [0.1, 0.15) is 11.6 Å². The number of anilines is 2. The molecule has 0 saturated heterocycles. The van der Waals surface area contributed by atoms with E-state index in [2.05, 4.69) is 60.8 Å². The molecule has 0 radical (unpaired) electrons. The Kier molecular flexibility index (Phi) is 18.7. The van der Waals surface area contributed by atoms with Gasteiger partial charge in [-0.05, 0) is 95.8 Å². The van der Waals surface area contributed by atoms with Crippen LogP contribution < -0.4 is 5.32 Å². The van der Waals surface area contributed by atoms with Crippen LogP contribution in [0.2, 0.25) is 0 Å². The molecule has 0 aliphatic rings. The molecule has 59 heavy (non-hydrogen) atoms. The Hall–Kier alpha value is -5.23. The number of rotatable bonds is 26. The van der Waals surface area contributed by atoms with Crippen LogP contribution in [0, 0.1) is 11.3 Å². The van der Waals surface area contributed by atoms with E-state index < -0.39 is 11.9 Å². The van der Waals surface area contributed by atoms with Crippen molar-refractivity contribution in [2.75, 3.05) is 5.32 Å². The SMILES string of the molecule is CCCCCCCCCCCCCCCCCCc1ccc(Nc2ccc(-c3ccc(/C=C(/C(=O)O)c4ccc(-c5ccc(/C=C(\C#N)C(=O)O)s5)cc4)s3)cc2)cc1. The van der Waals surface area contributed by atoms with Gasteiger partial charge in [0.25, 0.3) is 0 Å². The molecule has 308 valence electrons. The fourth-order valence-electron chi connectivity index (χ4n) is 7.20. The number of carboxylic acid groups (broad SMARTS) is 2. The number of nitriles is 1. The molecule has 0 atom stereocenters. The topological polar surface area (TPSA) is 110 Å². The summed E-state index contributed by atoms with van der Waals surface area (Å²) < 4.78 is 0. The van der Waals surface area contributed by atoms with E-state index in [4.69, 9.17) is 10.4 Å². The first-order valence-electron chi connectivity index (χ1n) is 21.4. The van der Waals surface area contributed by atoms with Crippen LogP contribution in [-0.2, 0) is 16.0 Å². The zero-order chi connectivity index (χ0) is 41.7. The summed E-state index contributed by atoms with van der Waals surface area (Å²) in [6.07, 6.45) is 26.4. The van der Waals surface area contributed by atoms with Crippen LogP contribution in [-0.4, -0.2) is 22.2 Å². The monoisotopic (exact) mass is 826 g/mol. The fourth-order valence-corrected chi connectivity index (χ4v) is 9.11. The van der Waals surface area contributed by atoms with E-state index in [1.807, 2.05) is 30.3 Å². The number of aliphatic carboxylic acids is 2. The zero-order valence-electron chi connectivity index (χ0n) is 34.4. The van der Waals surface area contributed by atoms with Gasteiger partial charge in [-0.15, -0.1) is 22.7 Å². The van der Waals surface area contributed by atoms with E-state index in [9.17, 15) is 14.7 Å². The van der Waals surface area contributed by atoms with Crippen LogP contribution in [0.3, 0.4) is 0 Å². The molecule has 0 aliphatic heterocycles. The molecular weight excluding hydrogens is 769 g/mol. The number of nitrogens with one attached hydrogen (secondary N) is 1. The van der Waals surface area contributed by atoms with Crippen molar-refractivity contribution in [2.45, 2.75) is 116 Å². The minimum atomic E-state index is -1.27. The third kappa shape index (κ3) is 15.1. The van der Waals surface area contributed by atoms with Crippen molar-refractivity contribution in [3.05, 3.63) is 124 Å². The summed E-state index contributed by atoms with van der Waals surface area (Å²) in [5.41, 5.74) is 5.83. The molecule has 0 saturated carbocycles. The Labute approximate surface area is 359 Å². The predicted octanol–water partition coefficient (Wildman–Crippen LogP) is 15.3. The first-order chi connectivity index (χ1) is 28.8. The fraction of sp³-hybridized carbons (Fsp3) is 0.353. The quantitative estimate of drug-likeness (QED) is 0.0291. The minimum absolute atomic E-state index is 0.190. The Bertz CT molecular complexity index is 2150. The van der Waals surface area contributed by atoms with Gasteiger partial charge in [0.15, 0.2) is 0 Å². The lowest BCUT2D eigenvalue weighted by Crippen LogP contribution is -1.99. The Balaban J connectivity index is 1.03. The number of carboxylic acids is 2. The third-order valence-corrected chi connectivity index (χ3v) is 12.8. The van der Waals surface area contributed by atoms with Crippen molar-refractivity contribution in [3.63, 3.8) is 0 Å². The smallest absolute Gasteiger partial charge is 0.346 e. The van der Waals surface area contributed by atoms with Gasteiger partial charge in [-0.1, -0.05) is 152 Å². The summed E-state index contributed by atoms with van der Waals surface area (Å²) in [5, 5.41) is 31.8. The first-order valence-corrected chi connectivity index (χ1v) is 23.0. The number of thiophene rings is 2. The molecule has 3 aromatic carbocycles. The highest BCUT2D eigenvalue weighted by Gasteiger charge is 2.14. The summed E-state index contributed by atoms with van der Waals surface area (Å²) in [5.74, 6) is -2.28. The Morgan fingerprint density at radius 2 is 1.00 bits per heavy atom. The lowest BCUT2D eigenvalue weighted by atomic mass is 10.0. The number of benzene rings is 3. The lowest BCUT2D eigenvalue weighted by molar-refractivity contribution is -0.132. The Morgan fingerprint density at radius 1 is 0.559 bits per heavy atom. The molecule has 0 fully saturated rings. The van der Waals surface area contributed by atoms with Crippen LogP contribution >= 0.6 is 22.7 Å². The highest BCUT2D eigenvalue weighted by Crippen LogP contribution is 2.34. The molecule has 8 heteroatoms. The summed E-state index contributed by atoms with van der Waals surface area (Å²) in [6, 6.07) is 33.6. The largest absolute Gasteiger partial charge is 0.478 e. The number of carbonyl (C=O) groups is 2. The minimum Gasteiger partial charge on any atom is -0.478 e. The second kappa shape index (κ2) is 24.6. The average molecular weight is 827 g/mol. The Morgan fingerprint density at radius 3 is 1.46 bits per heavy atom. The summed E-state index contributed by atoms with van der Waals surface area (Å²) >= 11 is 2.89. The molecule has 0 spiro atoms. The van der Waals surface area contributed by atoms with Crippen molar-refractivity contribution in [1.29, 1.82) is 5.26 Å².